The summed E-state index contributed by atoms with van der Waals surface area (Å²) < 4.78 is 13.1. The molecule has 1 N–H and O–H groups in total. The first-order valence-corrected chi connectivity index (χ1v) is 5.78. The molecule has 0 aliphatic carbocycles. The second-order valence-corrected chi connectivity index (χ2v) is 4.34. The predicted octanol–water partition coefficient (Wildman–Crippen LogP) is 1.42. The third-order valence-corrected chi connectivity index (χ3v) is 2.47. The Morgan fingerprint density at radius 3 is 2.74 bits per heavy atom. The number of amides is 1. The van der Waals surface area contributed by atoms with Crippen molar-refractivity contribution in [2.45, 2.75) is 6.42 Å². The minimum absolute atomic E-state index is 0.0814. The number of carbonyl (C=O) groups is 1. The zero-order chi connectivity index (χ0) is 14.4. The number of halogens is 1. The van der Waals surface area contributed by atoms with Crippen LogP contribution in [0.2, 0.25) is 0 Å². The third-order valence-electron chi connectivity index (χ3n) is 2.47. The van der Waals surface area contributed by atoms with Gasteiger partial charge >= 0.3 is 5.69 Å². The number of nitrogens with one attached hydrogen (secondary N) is 1. The van der Waals surface area contributed by atoms with Gasteiger partial charge in [-0.2, -0.15) is 4.39 Å². The van der Waals surface area contributed by atoms with E-state index in [-0.39, 0.29) is 5.56 Å². The Morgan fingerprint density at radius 2 is 2.16 bits per heavy atom. The predicted molar refractivity (Wildman–Crippen MR) is 68.6 cm³/mol. The van der Waals surface area contributed by atoms with Crippen LogP contribution >= 0.6 is 0 Å². The molecular formula is C12H16FN3O3. The van der Waals surface area contributed by atoms with Crippen LogP contribution in [-0.4, -0.2) is 42.9 Å². The third kappa shape index (κ3) is 4.63. The number of hydrogen-bond donors (Lipinski definition) is 1. The maximum Gasteiger partial charge on any atom is 0.305 e. The van der Waals surface area contributed by atoms with Crippen LogP contribution in [0.5, 0.6) is 0 Å². The summed E-state index contributed by atoms with van der Waals surface area (Å²) in [6.07, 6.45) is 0.766. The first-order valence-electron chi connectivity index (χ1n) is 5.78. The average Bonchev–Trinajstić information content (AvgIpc) is 2.34. The van der Waals surface area contributed by atoms with Gasteiger partial charge in [0.05, 0.1) is 4.92 Å². The van der Waals surface area contributed by atoms with Gasteiger partial charge in [-0.3, -0.25) is 14.9 Å². The van der Waals surface area contributed by atoms with Crippen LogP contribution in [0.15, 0.2) is 18.2 Å². The molecule has 1 rings (SSSR count). The van der Waals surface area contributed by atoms with E-state index in [0.717, 1.165) is 25.1 Å². The summed E-state index contributed by atoms with van der Waals surface area (Å²) in [6, 6.07) is 3.09. The molecule has 104 valence electrons. The Hall–Kier alpha value is -2.02. The van der Waals surface area contributed by atoms with Crippen molar-refractivity contribution in [2.24, 2.45) is 0 Å². The maximum absolute atomic E-state index is 13.1. The molecule has 0 aliphatic rings. The Kier molecular flexibility index (Phi) is 5.37. The topological polar surface area (TPSA) is 75.5 Å². The number of hydrogen-bond acceptors (Lipinski definition) is 4. The number of nitrogens with zero attached hydrogens (tertiary/aromatic N) is 2. The van der Waals surface area contributed by atoms with Crippen LogP contribution in [0, 0.1) is 15.9 Å². The van der Waals surface area contributed by atoms with Crippen molar-refractivity contribution in [1.82, 2.24) is 10.2 Å². The van der Waals surface area contributed by atoms with Gasteiger partial charge in [-0.25, -0.2) is 0 Å². The van der Waals surface area contributed by atoms with E-state index in [9.17, 15) is 19.3 Å². The number of rotatable bonds is 6. The van der Waals surface area contributed by atoms with Gasteiger partial charge in [0.1, 0.15) is 0 Å². The van der Waals surface area contributed by atoms with Crippen molar-refractivity contribution in [2.75, 3.05) is 27.2 Å². The number of carbonyl (C=O) groups excluding carboxylic acids is 1. The molecule has 0 fully saturated rings. The lowest BCUT2D eigenvalue weighted by molar-refractivity contribution is -0.387. The monoisotopic (exact) mass is 269 g/mol. The fourth-order valence-corrected chi connectivity index (χ4v) is 1.49. The van der Waals surface area contributed by atoms with Gasteiger partial charge < -0.3 is 10.2 Å². The molecule has 0 bridgehead atoms. The van der Waals surface area contributed by atoms with E-state index in [1.54, 1.807) is 0 Å². The molecule has 0 saturated heterocycles. The van der Waals surface area contributed by atoms with Gasteiger partial charge in [0.25, 0.3) is 5.91 Å². The summed E-state index contributed by atoms with van der Waals surface area (Å²) in [5.74, 6) is -1.39. The molecule has 0 atom stereocenters. The first kappa shape index (κ1) is 15.0. The summed E-state index contributed by atoms with van der Waals surface area (Å²) in [6.45, 7) is 1.28. The first-order chi connectivity index (χ1) is 8.91. The lowest BCUT2D eigenvalue weighted by Gasteiger charge is -2.09. The lowest BCUT2D eigenvalue weighted by Crippen LogP contribution is -2.27. The van der Waals surface area contributed by atoms with E-state index in [1.807, 2.05) is 19.0 Å². The summed E-state index contributed by atoms with van der Waals surface area (Å²) in [5, 5.41) is 13.2. The molecule has 19 heavy (non-hydrogen) atoms. The molecule has 0 saturated carbocycles. The highest BCUT2D eigenvalue weighted by Gasteiger charge is 2.17. The molecular weight excluding hydrogens is 253 g/mol. The van der Waals surface area contributed by atoms with E-state index >= 15 is 0 Å². The molecule has 1 amide bonds. The van der Waals surface area contributed by atoms with E-state index < -0.39 is 22.3 Å². The molecule has 7 heteroatoms. The van der Waals surface area contributed by atoms with E-state index in [0.29, 0.717) is 6.54 Å². The molecule has 0 spiro atoms. The maximum atomic E-state index is 13.1. The summed E-state index contributed by atoms with van der Waals surface area (Å²) in [5.41, 5.74) is -0.612. The molecule has 1 aromatic rings. The normalized spacial score (nSPS) is 10.5. The molecule has 0 aromatic heterocycles. The Bertz CT molecular complexity index is 477. The van der Waals surface area contributed by atoms with Crippen molar-refractivity contribution in [3.8, 4) is 0 Å². The van der Waals surface area contributed by atoms with Gasteiger partial charge in [0, 0.05) is 18.2 Å². The molecule has 0 unspecified atom stereocenters. The van der Waals surface area contributed by atoms with Gasteiger partial charge in [-0.1, -0.05) is 0 Å². The van der Waals surface area contributed by atoms with Gasteiger partial charge in [0.2, 0.25) is 5.82 Å². The molecule has 0 radical (unpaired) electrons. The lowest BCUT2D eigenvalue weighted by atomic mass is 10.2. The highest BCUT2D eigenvalue weighted by molar-refractivity contribution is 5.94. The van der Waals surface area contributed by atoms with Crippen molar-refractivity contribution in [3.05, 3.63) is 39.7 Å². The smallest absolute Gasteiger partial charge is 0.305 e. The van der Waals surface area contributed by atoms with Crippen molar-refractivity contribution in [3.63, 3.8) is 0 Å². The fraction of sp³-hybridized carbons (Fsp3) is 0.417. The van der Waals surface area contributed by atoms with Crippen LogP contribution in [-0.2, 0) is 0 Å². The zero-order valence-electron chi connectivity index (χ0n) is 10.9. The van der Waals surface area contributed by atoms with E-state index in [2.05, 4.69) is 5.32 Å². The average molecular weight is 269 g/mol. The molecule has 6 nitrogen and oxygen atoms in total. The highest BCUT2D eigenvalue weighted by Crippen LogP contribution is 2.18. The molecule has 1 aromatic carbocycles. The summed E-state index contributed by atoms with van der Waals surface area (Å²) in [4.78, 5) is 23.4. The van der Waals surface area contributed by atoms with E-state index in [1.165, 1.54) is 6.07 Å². The molecule has 0 aliphatic heterocycles. The standard InChI is InChI=1S/C12H16FN3O3/c1-15(2)7-3-6-14-12(17)9-4-5-10(13)11(8-9)16(18)19/h4-5,8H,3,6-7H2,1-2H3,(H,14,17). The minimum Gasteiger partial charge on any atom is -0.352 e. The Morgan fingerprint density at radius 1 is 1.47 bits per heavy atom. The number of nitro benzene ring substituents is 1. The minimum atomic E-state index is -0.950. The van der Waals surface area contributed by atoms with Crippen molar-refractivity contribution < 1.29 is 14.1 Å². The van der Waals surface area contributed by atoms with Crippen LogP contribution in [0.25, 0.3) is 0 Å². The summed E-state index contributed by atoms with van der Waals surface area (Å²) in [7, 11) is 3.84. The SMILES string of the molecule is CN(C)CCCNC(=O)c1ccc(F)c([N+](=O)[O-])c1. The van der Waals surface area contributed by atoms with Crippen LogP contribution in [0.1, 0.15) is 16.8 Å². The van der Waals surface area contributed by atoms with Gasteiger partial charge in [-0.15, -0.1) is 0 Å². The molecule has 0 heterocycles. The van der Waals surface area contributed by atoms with Crippen LogP contribution < -0.4 is 5.32 Å². The van der Waals surface area contributed by atoms with Crippen molar-refractivity contribution in [1.29, 1.82) is 0 Å². The fourth-order valence-electron chi connectivity index (χ4n) is 1.49. The van der Waals surface area contributed by atoms with E-state index in [4.69, 9.17) is 0 Å². The quantitative estimate of drug-likeness (QED) is 0.481. The second kappa shape index (κ2) is 6.79. The second-order valence-electron chi connectivity index (χ2n) is 4.34. The highest BCUT2D eigenvalue weighted by atomic mass is 19.1. The summed E-state index contributed by atoms with van der Waals surface area (Å²) >= 11 is 0. The van der Waals surface area contributed by atoms with Crippen LogP contribution in [0.4, 0.5) is 10.1 Å². The van der Waals surface area contributed by atoms with Gasteiger partial charge in [0.15, 0.2) is 0 Å². The van der Waals surface area contributed by atoms with Gasteiger partial charge in [-0.05, 0) is 39.2 Å². The largest absolute Gasteiger partial charge is 0.352 e. The Labute approximate surface area is 110 Å². The van der Waals surface area contributed by atoms with Crippen LogP contribution in [0.3, 0.4) is 0 Å². The number of benzene rings is 1. The number of nitro groups is 1. The Balaban J connectivity index is 2.62. The van der Waals surface area contributed by atoms with Crippen molar-refractivity contribution >= 4 is 11.6 Å². The zero-order valence-corrected chi connectivity index (χ0v) is 10.9.